The van der Waals surface area contributed by atoms with Gasteiger partial charge in [0, 0.05) is 44.0 Å². The lowest BCUT2D eigenvalue weighted by molar-refractivity contribution is -0.125. The van der Waals surface area contributed by atoms with Gasteiger partial charge in [-0.1, -0.05) is 17.7 Å². The van der Waals surface area contributed by atoms with E-state index in [9.17, 15) is 29.3 Å². The zero-order valence-corrected chi connectivity index (χ0v) is 24.0. The van der Waals surface area contributed by atoms with Crippen LogP contribution in [0.15, 0.2) is 30.6 Å². The van der Waals surface area contributed by atoms with Crippen LogP contribution in [0.4, 0.5) is 10.3 Å². The van der Waals surface area contributed by atoms with E-state index >= 15 is 0 Å². The highest BCUT2D eigenvalue weighted by Crippen LogP contribution is 2.25. The maximum absolute atomic E-state index is 14.6. The summed E-state index contributed by atoms with van der Waals surface area (Å²) < 4.78 is 20.3. The van der Waals surface area contributed by atoms with Crippen molar-refractivity contribution in [3.63, 3.8) is 0 Å². The summed E-state index contributed by atoms with van der Waals surface area (Å²) in [4.78, 5) is 35.0. The van der Waals surface area contributed by atoms with Crippen molar-refractivity contribution in [3.05, 3.63) is 47.0 Å². The monoisotopic (exact) mass is 594 g/mol. The van der Waals surface area contributed by atoms with Gasteiger partial charge in [0.1, 0.15) is 17.3 Å². The molecule has 0 unspecified atom stereocenters. The van der Waals surface area contributed by atoms with E-state index in [0.717, 1.165) is 38.8 Å². The second-order valence-corrected chi connectivity index (χ2v) is 11.1. The first-order valence-corrected chi connectivity index (χ1v) is 14.4. The van der Waals surface area contributed by atoms with Gasteiger partial charge in [0.15, 0.2) is 0 Å². The largest absolute Gasteiger partial charge is 0.493 e. The van der Waals surface area contributed by atoms with E-state index in [2.05, 4.69) is 20.2 Å². The minimum atomic E-state index is -1.24. The summed E-state index contributed by atoms with van der Waals surface area (Å²) in [6.45, 7) is 0.999. The quantitative estimate of drug-likeness (QED) is 0.203. The van der Waals surface area contributed by atoms with Crippen LogP contribution < -0.4 is 15.0 Å². The Bertz CT molecular complexity index is 1100. The minimum absolute atomic E-state index is 0.125. The number of Topliss-reactive ketones (excluding diaryl/α,β-unsaturated/α-hetero) is 1. The molecule has 3 rings (SSSR count). The van der Waals surface area contributed by atoms with Gasteiger partial charge in [-0.05, 0) is 49.7 Å². The van der Waals surface area contributed by atoms with Crippen LogP contribution in [0.25, 0.3) is 0 Å². The van der Waals surface area contributed by atoms with Crippen LogP contribution in [0.1, 0.15) is 50.5 Å². The summed E-state index contributed by atoms with van der Waals surface area (Å²) in [7, 11) is 0. The van der Waals surface area contributed by atoms with Gasteiger partial charge in [0.2, 0.25) is 11.9 Å². The van der Waals surface area contributed by atoms with E-state index in [-0.39, 0.29) is 43.1 Å². The van der Waals surface area contributed by atoms with E-state index in [0.29, 0.717) is 35.7 Å². The molecule has 0 saturated carbocycles. The smallest absolute Gasteiger partial charge is 0.225 e. The van der Waals surface area contributed by atoms with Crippen molar-refractivity contribution in [2.75, 3.05) is 51.0 Å². The number of nitrogens with one attached hydrogen (secondary N) is 1. The predicted octanol–water partition coefficient (Wildman–Crippen LogP) is 2.71. The lowest BCUT2D eigenvalue weighted by Gasteiger charge is -2.31. The number of carbonyl (C=O) groups is 2. The molecule has 0 aliphatic carbocycles. The first-order chi connectivity index (χ1) is 19.8. The number of hydrogen-bond donors (Lipinski definition) is 4. The lowest BCUT2D eigenvalue weighted by atomic mass is 9.84. The third kappa shape index (κ3) is 10.5. The van der Waals surface area contributed by atoms with E-state index < -0.39 is 31.1 Å². The fraction of sp³-hybridized carbons (Fsp3) is 0.586. The molecule has 1 aliphatic heterocycles. The molecule has 10 nitrogen and oxygen atoms in total. The van der Waals surface area contributed by atoms with Crippen LogP contribution in [0.5, 0.6) is 5.75 Å². The Hall–Kier alpha value is -2.86. The van der Waals surface area contributed by atoms with E-state index in [1.807, 2.05) is 0 Å². The van der Waals surface area contributed by atoms with Crippen molar-refractivity contribution >= 4 is 29.2 Å². The Morgan fingerprint density at radius 3 is 2.41 bits per heavy atom. The number of benzene rings is 1. The Morgan fingerprint density at radius 1 is 1.10 bits per heavy atom. The summed E-state index contributed by atoms with van der Waals surface area (Å²) in [5.41, 5.74) is -0.984. The fourth-order valence-corrected chi connectivity index (χ4v) is 4.88. The van der Waals surface area contributed by atoms with Crippen molar-refractivity contribution < 1.29 is 34.0 Å². The van der Waals surface area contributed by atoms with E-state index in [4.69, 9.17) is 16.3 Å². The molecule has 4 N–H and O–H groups in total. The molecule has 0 atom stereocenters. The number of halogens is 2. The molecule has 1 aromatic carbocycles. The van der Waals surface area contributed by atoms with E-state index in [1.165, 1.54) is 6.07 Å². The van der Waals surface area contributed by atoms with Crippen LogP contribution in [-0.2, 0) is 16.0 Å². The van der Waals surface area contributed by atoms with Crippen molar-refractivity contribution in [2.45, 2.75) is 51.4 Å². The average Bonchev–Trinajstić information content (AvgIpc) is 2.98. The molecule has 226 valence electrons. The number of carbonyl (C=O) groups excluding carboxylic acids is 2. The molecule has 2 heterocycles. The zero-order chi connectivity index (χ0) is 29.7. The van der Waals surface area contributed by atoms with Crippen molar-refractivity contribution in [3.8, 4) is 5.75 Å². The van der Waals surface area contributed by atoms with Gasteiger partial charge < -0.3 is 30.3 Å². The Kier molecular flexibility index (Phi) is 13.2. The third-order valence-electron chi connectivity index (χ3n) is 7.44. The molecular weight excluding hydrogens is 555 g/mol. The predicted molar refractivity (Wildman–Crippen MR) is 152 cm³/mol. The molecule has 0 spiro atoms. The molecule has 1 fully saturated rings. The summed E-state index contributed by atoms with van der Waals surface area (Å²) >= 11 is 5.86. The zero-order valence-electron chi connectivity index (χ0n) is 23.2. The summed E-state index contributed by atoms with van der Waals surface area (Å²) in [6, 6.07) is 4.49. The van der Waals surface area contributed by atoms with Crippen molar-refractivity contribution in [2.24, 2.45) is 11.3 Å². The van der Waals surface area contributed by atoms with Gasteiger partial charge in [-0.15, -0.1) is 0 Å². The lowest BCUT2D eigenvalue weighted by Crippen LogP contribution is -2.36. The molecule has 41 heavy (non-hydrogen) atoms. The van der Waals surface area contributed by atoms with Gasteiger partial charge in [0.25, 0.3) is 0 Å². The highest BCUT2D eigenvalue weighted by molar-refractivity contribution is 6.30. The molecule has 2 aromatic rings. The summed E-state index contributed by atoms with van der Waals surface area (Å²) in [6.07, 6.45) is 7.39. The maximum atomic E-state index is 14.6. The molecule has 0 bridgehead atoms. The standard InChI is InChI=1S/C29H40ClFN4O6/c30-23-16-33-28(34-17-23)35-10-7-21(8-11-35)3-2-12-41-25-6-5-22(26(31)14-25)13-27(40)32-9-1-4-24(39)15-29(18-36,19-37)20-38/h5-6,14,16-17,21,36-38H,1-4,7-13,15,18-20H2,(H,32,40). The van der Waals surface area contributed by atoms with Crippen LogP contribution in [0.2, 0.25) is 5.02 Å². The molecule has 12 heteroatoms. The Labute approximate surface area is 244 Å². The average molecular weight is 595 g/mol. The SMILES string of the molecule is O=C(CCCNC(=O)Cc1ccc(OCCCC2CCN(c3ncc(Cl)cn3)CC2)cc1F)CC(CO)(CO)CO. The number of aromatic nitrogens is 2. The normalized spacial score (nSPS) is 14.2. The molecule has 0 radical (unpaired) electrons. The summed E-state index contributed by atoms with van der Waals surface area (Å²) in [5.74, 6) is 0.605. The van der Waals surface area contributed by atoms with Crippen molar-refractivity contribution in [1.29, 1.82) is 0 Å². The molecule has 1 aliphatic rings. The fourth-order valence-electron chi connectivity index (χ4n) is 4.79. The minimum Gasteiger partial charge on any atom is -0.493 e. The second-order valence-electron chi connectivity index (χ2n) is 10.7. The highest BCUT2D eigenvalue weighted by Gasteiger charge is 2.30. The first-order valence-electron chi connectivity index (χ1n) is 14.0. The van der Waals surface area contributed by atoms with Crippen LogP contribution in [0, 0.1) is 17.2 Å². The number of hydrogen-bond acceptors (Lipinski definition) is 9. The summed E-state index contributed by atoms with van der Waals surface area (Å²) in [5, 5.41) is 31.2. The van der Waals surface area contributed by atoms with Crippen LogP contribution >= 0.6 is 11.6 Å². The highest BCUT2D eigenvalue weighted by atomic mass is 35.5. The number of ketones is 1. The third-order valence-corrected chi connectivity index (χ3v) is 7.63. The molecule has 1 saturated heterocycles. The number of amides is 1. The topological polar surface area (TPSA) is 145 Å². The number of rotatable bonds is 17. The van der Waals surface area contributed by atoms with Gasteiger partial charge >= 0.3 is 0 Å². The Balaban J connectivity index is 1.29. The van der Waals surface area contributed by atoms with Gasteiger partial charge in [-0.25, -0.2) is 14.4 Å². The van der Waals surface area contributed by atoms with Gasteiger partial charge in [-0.2, -0.15) is 0 Å². The molecule has 1 amide bonds. The Morgan fingerprint density at radius 2 is 1.78 bits per heavy atom. The number of nitrogens with zero attached hydrogens (tertiary/aromatic N) is 3. The number of aliphatic hydroxyl groups excluding tert-OH is 3. The van der Waals surface area contributed by atoms with Crippen molar-refractivity contribution in [1.82, 2.24) is 15.3 Å². The molecular formula is C29H40ClFN4O6. The maximum Gasteiger partial charge on any atom is 0.225 e. The number of piperidine rings is 1. The number of ether oxygens (including phenoxy) is 1. The molecule has 1 aromatic heterocycles. The van der Waals surface area contributed by atoms with Gasteiger partial charge in [-0.3, -0.25) is 9.59 Å². The second kappa shape index (κ2) is 16.5. The van der Waals surface area contributed by atoms with Crippen LogP contribution in [-0.4, -0.2) is 83.0 Å². The van der Waals surface area contributed by atoms with Crippen LogP contribution in [0.3, 0.4) is 0 Å². The first kappa shape index (κ1) is 32.7. The van der Waals surface area contributed by atoms with Gasteiger partial charge in [0.05, 0.1) is 50.3 Å². The number of anilines is 1. The van der Waals surface area contributed by atoms with E-state index in [1.54, 1.807) is 24.5 Å². The number of aliphatic hydroxyl groups is 3.